The van der Waals surface area contributed by atoms with E-state index in [1.807, 2.05) is 0 Å². The van der Waals surface area contributed by atoms with E-state index in [9.17, 15) is 0 Å². The average molecular weight is 687 g/mol. The monoisotopic (exact) mass is 687 g/mol. The fraction of sp³-hybridized carbons (Fsp3) is 1.00. The van der Waals surface area contributed by atoms with Gasteiger partial charge in [-0.25, -0.2) is 0 Å². The van der Waals surface area contributed by atoms with Crippen LogP contribution in [-0.4, -0.2) is 11.5 Å². The predicted molar refractivity (Wildman–Crippen MR) is 226 cm³/mol. The summed E-state index contributed by atoms with van der Waals surface area (Å²) in [5, 5.41) is 0. The molecule has 0 aromatic heterocycles. The molecule has 0 heterocycles. The Morgan fingerprint density at radius 3 is 0.391 bits per heavy atom. The zero-order valence-corrected chi connectivity index (χ0v) is 35.0. The van der Waals surface area contributed by atoms with Crippen LogP contribution >= 0.6 is 25.3 Å². The number of rotatable bonds is 37. The first-order valence-electron chi connectivity index (χ1n) is 22.0. The van der Waals surface area contributed by atoms with Crippen LogP contribution in [0, 0.1) is 0 Å². The maximum absolute atomic E-state index is 4.23. The fourth-order valence-corrected chi connectivity index (χ4v) is 6.62. The highest BCUT2D eigenvalue weighted by atomic mass is 32.1. The maximum Gasteiger partial charge on any atom is -0.00979 e. The highest BCUT2D eigenvalue weighted by Gasteiger charge is 1.95. The minimum Gasteiger partial charge on any atom is -0.179 e. The average Bonchev–Trinajstić information content (AvgIpc) is 3.07. The zero-order valence-electron chi connectivity index (χ0n) is 33.2. The van der Waals surface area contributed by atoms with Crippen LogP contribution in [0.15, 0.2) is 0 Å². The van der Waals surface area contributed by atoms with Crippen LogP contribution in [0.1, 0.15) is 272 Å². The molecule has 0 atom stereocenters. The van der Waals surface area contributed by atoms with Gasteiger partial charge in [-0.2, -0.15) is 25.3 Å². The third kappa shape index (κ3) is 60.1. The van der Waals surface area contributed by atoms with Crippen LogP contribution in [0.4, 0.5) is 0 Å². The van der Waals surface area contributed by atoms with Crippen molar-refractivity contribution in [1.82, 2.24) is 0 Å². The molecular weight excluding hydrogens is 593 g/mol. The van der Waals surface area contributed by atoms with Crippen molar-refractivity contribution in [3.8, 4) is 0 Å². The summed E-state index contributed by atoms with van der Waals surface area (Å²) < 4.78 is 0. The van der Waals surface area contributed by atoms with Crippen LogP contribution in [0.2, 0.25) is 0 Å². The lowest BCUT2D eigenvalue weighted by Crippen LogP contribution is -1.83. The number of thiol groups is 2. The summed E-state index contributed by atoms with van der Waals surface area (Å²) in [5.41, 5.74) is 0. The largest absolute Gasteiger partial charge is 0.179 e. The molecule has 0 amide bonds. The van der Waals surface area contributed by atoms with Crippen molar-refractivity contribution in [2.75, 3.05) is 11.5 Å². The van der Waals surface area contributed by atoms with Crippen molar-refractivity contribution in [1.29, 1.82) is 0 Å². The van der Waals surface area contributed by atoms with Gasteiger partial charge in [-0.1, -0.05) is 259 Å². The van der Waals surface area contributed by atoms with E-state index in [0.717, 1.165) is 11.5 Å². The van der Waals surface area contributed by atoms with Crippen molar-refractivity contribution >= 4 is 25.3 Å². The summed E-state index contributed by atoms with van der Waals surface area (Å²) in [6.45, 7) is 9.14. The summed E-state index contributed by atoms with van der Waals surface area (Å²) in [6.07, 6.45) is 54.7. The molecule has 0 saturated heterocycles. The molecule has 0 unspecified atom stereocenters. The summed E-state index contributed by atoms with van der Waals surface area (Å²) >= 11 is 8.44. The second-order valence-corrected chi connectivity index (χ2v) is 15.4. The molecule has 0 aliphatic heterocycles. The van der Waals surface area contributed by atoms with Gasteiger partial charge in [-0.3, -0.25) is 0 Å². The second kappa shape index (κ2) is 55.1. The first-order valence-corrected chi connectivity index (χ1v) is 23.2. The third-order valence-corrected chi connectivity index (χ3v) is 10.1. The smallest absolute Gasteiger partial charge is 0.00979 e. The minimum atomic E-state index is 1.07. The van der Waals surface area contributed by atoms with Gasteiger partial charge in [-0.15, -0.1) is 0 Å². The lowest BCUT2D eigenvalue weighted by molar-refractivity contribution is 0.538. The quantitative estimate of drug-likeness (QED) is 0.0472. The van der Waals surface area contributed by atoms with Gasteiger partial charge in [0, 0.05) is 0 Å². The Balaban J connectivity index is -0.000000609. The van der Waals surface area contributed by atoms with Crippen LogP contribution in [0.5, 0.6) is 0 Å². The molecule has 0 radical (unpaired) electrons. The maximum atomic E-state index is 4.23. The normalized spacial score (nSPS) is 10.8. The fourth-order valence-electron chi connectivity index (χ4n) is 6.17. The lowest BCUT2D eigenvalue weighted by Gasteiger charge is -2.02. The van der Waals surface area contributed by atoms with Crippen LogP contribution in [-0.2, 0) is 0 Å². The third-order valence-electron chi connectivity index (χ3n) is 9.48. The molecule has 0 aliphatic carbocycles. The van der Waals surface area contributed by atoms with Crippen molar-refractivity contribution in [3.05, 3.63) is 0 Å². The van der Waals surface area contributed by atoms with Crippen LogP contribution in [0.25, 0.3) is 0 Å². The molecule has 282 valence electrons. The van der Waals surface area contributed by atoms with E-state index in [1.165, 1.54) is 244 Å². The lowest BCUT2D eigenvalue weighted by atomic mass is 10.0. The van der Waals surface area contributed by atoms with E-state index in [1.54, 1.807) is 0 Å². The van der Waals surface area contributed by atoms with Gasteiger partial charge < -0.3 is 0 Å². The summed E-state index contributed by atoms with van der Waals surface area (Å²) in [7, 11) is 0. The Morgan fingerprint density at radius 2 is 0.283 bits per heavy atom. The summed E-state index contributed by atoms with van der Waals surface area (Å²) in [6, 6.07) is 0. The van der Waals surface area contributed by atoms with Gasteiger partial charge in [0.1, 0.15) is 0 Å². The van der Waals surface area contributed by atoms with Crippen molar-refractivity contribution < 1.29 is 0 Å². The van der Waals surface area contributed by atoms with Gasteiger partial charge in [0.05, 0.1) is 0 Å². The molecular formula is C44H94S2. The molecule has 0 N–H and O–H groups in total. The number of hydrogen-bond acceptors (Lipinski definition) is 2. The van der Waals surface area contributed by atoms with E-state index in [-0.39, 0.29) is 0 Å². The first-order chi connectivity index (χ1) is 22.7. The van der Waals surface area contributed by atoms with E-state index >= 15 is 0 Å². The van der Waals surface area contributed by atoms with Crippen LogP contribution < -0.4 is 0 Å². The highest BCUT2D eigenvalue weighted by Crippen LogP contribution is 2.14. The Hall–Kier alpha value is 0.700. The number of unbranched alkanes of at least 4 members (excludes halogenated alkanes) is 35. The molecule has 0 fully saturated rings. The molecule has 0 bridgehead atoms. The van der Waals surface area contributed by atoms with E-state index in [0.29, 0.717) is 0 Å². The van der Waals surface area contributed by atoms with Gasteiger partial charge in [0.2, 0.25) is 0 Å². The molecule has 0 rings (SSSR count). The Kier molecular flexibility index (Phi) is 61.2. The van der Waals surface area contributed by atoms with Gasteiger partial charge >= 0.3 is 0 Å². The molecule has 0 spiro atoms. The standard InChI is InChI=1S/C16H34S.C16H34.C12H26S/c1-2-3-4-5-6-7-8-9-10-11-12-13-14-15-16-17;1-3-5-7-9-11-13-15-16-14-12-10-8-6-4-2;1-2-3-4-5-6-7-8-9-10-11-12-13/h17H,2-16H2,1H3;3-16H2,1-2H3;13H,2-12H2,1H3. The van der Waals surface area contributed by atoms with Crippen molar-refractivity contribution in [2.45, 2.75) is 272 Å². The topological polar surface area (TPSA) is 0 Å². The minimum absolute atomic E-state index is 1.07. The molecule has 0 saturated carbocycles. The van der Waals surface area contributed by atoms with E-state index < -0.39 is 0 Å². The summed E-state index contributed by atoms with van der Waals surface area (Å²) in [5.74, 6) is 2.13. The van der Waals surface area contributed by atoms with Gasteiger partial charge in [0.15, 0.2) is 0 Å². The number of hydrogen-bond donors (Lipinski definition) is 2. The summed E-state index contributed by atoms with van der Waals surface area (Å²) in [4.78, 5) is 0. The predicted octanol–water partition coefficient (Wildman–Crippen LogP) is 17.7. The second-order valence-electron chi connectivity index (χ2n) is 14.5. The Bertz CT molecular complexity index is 400. The van der Waals surface area contributed by atoms with Gasteiger partial charge in [-0.05, 0) is 24.3 Å². The molecule has 0 nitrogen and oxygen atoms in total. The van der Waals surface area contributed by atoms with Gasteiger partial charge in [0.25, 0.3) is 0 Å². The van der Waals surface area contributed by atoms with Crippen molar-refractivity contribution in [3.63, 3.8) is 0 Å². The first kappa shape index (κ1) is 51.1. The molecule has 2 heteroatoms. The Morgan fingerprint density at radius 1 is 0.174 bits per heavy atom. The zero-order chi connectivity index (χ0) is 34.3. The SMILES string of the molecule is CCCCCCCCCCCCCCCC.CCCCCCCCCCCCCCCCS.CCCCCCCCCCCCS. The molecule has 0 aromatic carbocycles. The van der Waals surface area contributed by atoms with Crippen molar-refractivity contribution in [2.24, 2.45) is 0 Å². The molecule has 0 aliphatic rings. The molecule has 46 heavy (non-hydrogen) atoms. The van der Waals surface area contributed by atoms with E-state index in [2.05, 4.69) is 53.0 Å². The van der Waals surface area contributed by atoms with Crippen LogP contribution in [0.3, 0.4) is 0 Å². The highest BCUT2D eigenvalue weighted by molar-refractivity contribution is 7.80. The van der Waals surface area contributed by atoms with E-state index in [4.69, 9.17) is 0 Å². The Labute approximate surface area is 307 Å². The molecule has 0 aromatic rings.